The Balaban J connectivity index is 0.00000101. The van der Waals surface area contributed by atoms with Gasteiger partial charge in [0, 0.05) is 12.8 Å². The summed E-state index contributed by atoms with van der Waals surface area (Å²) >= 11 is 0. The normalized spacial score (nSPS) is 12.3. The third-order valence-corrected chi connectivity index (χ3v) is 10.5. The molecule has 2 rings (SSSR count). The van der Waals surface area contributed by atoms with Gasteiger partial charge in [0.2, 0.25) is 5.88 Å². The summed E-state index contributed by atoms with van der Waals surface area (Å²) in [7, 11) is -1.78. The molecule has 0 aliphatic carbocycles. The van der Waals surface area contributed by atoms with Crippen LogP contribution < -0.4 is 5.32 Å². The molecule has 0 unspecified atom stereocenters. The van der Waals surface area contributed by atoms with Crippen LogP contribution in [0.2, 0.25) is 18.1 Å². The van der Waals surface area contributed by atoms with Crippen LogP contribution in [0.15, 0.2) is 16.7 Å². The van der Waals surface area contributed by atoms with E-state index in [1.165, 1.54) is 0 Å². The Bertz CT molecular complexity index is 1140. The minimum Gasteiger partial charge on any atom is -0.462 e. The number of hydrogen-bond donors (Lipinski definition) is 1. The first kappa shape index (κ1) is 35.1. The van der Waals surface area contributed by atoms with Crippen LogP contribution in [0.1, 0.15) is 91.6 Å². The van der Waals surface area contributed by atoms with E-state index in [-0.39, 0.29) is 28.7 Å². The average Bonchev–Trinajstić information content (AvgIpc) is 3.11. The number of nitrogens with one attached hydrogen (secondary N) is 1. The van der Waals surface area contributed by atoms with Crippen LogP contribution in [0.4, 0.5) is 10.7 Å². The van der Waals surface area contributed by atoms with E-state index in [9.17, 15) is 14.4 Å². The SMILES string of the molecule is CC(C)(C)OC=O.CCOC(=O)c1c(NC(=O)OC(C)(C)C)oc2cc(CCCO[Si](C)(C)C(C)(C)C)cnc12. The summed E-state index contributed by atoms with van der Waals surface area (Å²) in [5, 5.41) is 2.68. The highest BCUT2D eigenvalue weighted by molar-refractivity contribution is 6.74. The summed E-state index contributed by atoms with van der Waals surface area (Å²) in [6.45, 7) is 24.9. The molecule has 0 spiro atoms. The fourth-order valence-corrected chi connectivity index (χ4v) is 4.08. The molecule has 40 heavy (non-hydrogen) atoms. The molecule has 0 aliphatic heterocycles. The Labute approximate surface area is 239 Å². The Hall–Kier alpha value is -2.92. The molecular weight excluding hydrogens is 532 g/mol. The molecule has 226 valence electrons. The Morgan fingerprint density at radius 2 is 1.68 bits per heavy atom. The molecule has 0 atom stereocenters. The zero-order valence-electron chi connectivity index (χ0n) is 26.3. The quantitative estimate of drug-likeness (QED) is 0.107. The van der Waals surface area contributed by atoms with Crippen LogP contribution in [0.25, 0.3) is 11.1 Å². The minimum absolute atomic E-state index is 0.0383. The Morgan fingerprint density at radius 3 is 2.15 bits per heavy atom. The highest BCUT2D eigenvalue weighted by Gasteiger charge is 2.36. The topological polar surface area (TPSA) is 126 Å². The first-order chi connectivity index (χ1) is 18.2. The standard InChI is InChI=1S/C24H38N2O6Si.C5H10O2/c1-10-29-21(27)18-19-17(31-20(18)26-22(28)32-23(2,3)4)14-16(15-25-19)12-11-13-30-33(8,9)24(5,6)7;1-5(2,3)7-4-6/h14-15H,10-13H2,1-9H3,(H,26,28);4H,1-3H3. The van der Waals surface area contributed by atoms with Crippen LogP contribution in [0.3, 0.4) is 0 Å². The van der Waals surface area contributed by atoms with Gasteiger partial charge in [0.1, 0.15) is 22.3 Å². The number of hydrogen-bond acceptors (Lipinski definition) is 9. The van der Waals surface area contributed by atoms with Gasteiger partial charge in [-0.3, -0.25) is 15.1 Å². The first-order valence-electron chi connectivity index (χ1n) is 13.5. The molecule has 0 fully saturated rings. The third-order valence-electron chi connectivity index (χ3n) is 5.96. The zero-order chi connectivity index (χ0) is 30.9. The first-order valence-corrected chi connectivity index (χ1v) is 16.5. The van der Waals surface area contributed by atoms with Gasteiger partial charge in [0.25, 0.3) is 6.47 Å². The second-order valence-corrected chi connectivity index (χ2v) is 17.7. The minimum atomic E-state index is -1.78. The molecule has 0 saturated heterocycles. The number of aromatic nitrogens is 1. The van der Waals surface area contributed by atoms with Crippen molar-refractivity contribution < 1.29 is 37.4 Å². The van der Waals surface area contributed by atoms with Crippen molar-refractivity contribution in [3.05, 3.63) is 23.4 Å². The molecule has 1 N–H and O–H groups in total. The lowest BCUT2D eigenvalue weighted by Crippen LogP contribution is -2.41. The van der Waals surface area contributed by atoms with E-state index in [0.717, 1.165) is 18.4 Å². The van der Waals surface area contributed by atoms with Crippen LogP contribution in [0, 0.1) is 0 Å². The van der Waals surface area contributed by atoms with Gasteiger partial charge < -0.3 is 23.1 Å². The van der Waals surface area contributed by atoms with Crippen molar-refractivity contribution in [2.45, 2.75) is 111 Å². The van der Waals surface area contributed by atoms with E-state index >= 15 is 0 Å². The van der Waals surface area contributed by atoms with E-state index < -0.39 is 26.0 Å². The Kier molecular flexibility index (Phi) is 12.4. The maximum absolute atomic E-state index is 12.6. The zero-order valence-corrected chi connectivity index (χ0v) is 27.3. The summed E-state index contributed by atoms with van der Waals surface area (Å²) in [4.78, 5) is 38.8. The Morgan fingerprint density at radius 1 is 1.05 bits per heavy atom. The summed E-state index contributed by atoms with van der Waals surface area (Å²) in [5.74, 6) is -0.658. The summed E-state index contributed by atoms with van der Waals surface area (Å²) in [6, 6.07) is 1.83. The number of carbonyl (C=O) groups is 3. The van der Waals surface area contributed by atoms with E-state index in [1.54, 1.807) is 33.9 Å². The van der Waals surface area contributed by atoms with E-state index in [0.29, 0.717) is 24.2 Å². The highest BCUT2D eigenvalue weighted by Crippen LogP contribution is 2.36. The molecule has 10 nitrogen and oxygen atoms in total. The molecular formula is C29H48N2O8Si. The lowest BCUT2D eigenvalue weighted by molar-refractivity contribution is -0.138. The fraction of sp³-hybridized carbons (Fsp3) is 0.655. The number of nitrogens with zero attached hydrogens (tertiary/aromatic N) is 1. The van der Waals surface area contributed by atoms with E-state index in [1.807, 2.05) is 26.8 Å². The molecule has 2 heterocycles. The van der Waals surface area contributed by atoms with Crippen LogP contribution in [-0.2, 0) is 29.9 Å². The van der Waals surface area contributed by atoms with E-state index in [4.69, 9.17) is 18.3 Å². The highest BCUT2D eigenvalue weighted by atomic mass is 28.4. The van der Waals surface area contributed by atoms with Gasteiger partial charge in [-0.15, -0.1) is 0 Å². The summed E-state index contributed by atoms with van der Waals surface area (Å²) < 4.78 is 27.0. The van der Waals surface area contributed by atoms with Gasteiger partial charge >= 0.3 is 12.1 Å². The molecule has 11 heteroatoms. The van der Waals surface area contributed by atoms with Crippen molar-refractivity contribution in [2.24, 2.45) is 0 Å². The van der Waals surface area contributed by atoms with Crippen molar-refractivity contribution in [2.75, 3.05) is 18.5 Å². The second-order valence-electron chi connectivity index (χ2n) is 12.9. The molecule has 1 amide bonds. The number of carbonyl (C=O) groups excluding carboxylic acids is 3. The number of fused-ring (bicyclic) bond motifs is 1. The maximum atomic E-state index is 12.6. The van der Waals surface area contributed by atoms with Crippen molar-refractivity contribution in [1.82, 2.24) is 4.98 Å². The fourth-order valence-electron chi connectivity index (χ4n) is 3.00. The largest absolute Gasteiger partial charge is 0.462 e. The summed E-state index contributed by atoms with van der Waals surface area (Å²) in [5.41, 5.74) is 0.743. The number of rotatable bonds is 9. The molecule has 0 bridgehead atoms. The van der Waals surface area contributed by atoms with Crippen LogP contribution >= 0.6 is 0 Å². The van der Waals surface area contributed by atoms with Gasteiger partial charge in [-0.2, -0.15) is 0 Å². The molecule has 2 aromatic heterocycles. The van der Waals surface area contributed by atoms with E-state index in [2.05, 4.69) is 48.9 Å². The lowest BCUT2D eigenvalue weighted by atomic mass is 10.1. The number of esters is 1. The molecule has 0 radical (unpaired) electrons. The van der Waals surface area contributed by atoms with Crippen LogP contribution in [-0.4, -0.2) is 56.3 Å². The lowest BCUT2D eigenvalue weighted by Gasteiger charge is -2.36. The monoisotopic (exact) mass is 580 g/mol. The maximum Gasteiger partial charge on any atom is 0.414 e. The van der Waals surface area contributed by atoms with Crippen molar-refractivity contribution in [3.8, 4) is 0 Å². The van der Waals surface area contributed by atoms with Gasteiger partial charge in [0.15, 0.2) is 13.9 Å². The second kappa shape index (κ2) is 14.1. The third kappa shape index (κ3) is 11.7. The molecule has 2 aromatic rings. The number of furan rings is 1. The average molecular weight is 581 g/mol. The number of ether oxygens (including phenoxy) is 3. The summed E-state index contributed by atoms with van der Waals surface area (Å²) in [6.07, 6.45) is 2.58. The van der Waals surface area contributed by atoms with Gasteiger partial charge in [-0.05, 0) is 91.1 Å². The number of pyridine rings is 1. The van der Waals surface area contributed by atoms with Crippen LogP contribution in [0.5, 0.6) is 0 Å². The number of amides is 1. The van der Waals surface area contributed by atoms with Gasteiger partial charge in [0.05, 0.1) is 6.61 Å². The number of aryl methyl sites for hydroxylation is 1. The van der Waals surface area contributed by atoms with Gasteiger partial charge in [-0.1, -0.05) is 20.8 Å². The molecule has 0 saturated carbocycles. The molecule has 0 aliphatic rings. The van der Waals surface area contributed by atoms with Crippen molar-refractivity contribution >= 4 is 43.8 Å². The predicted molar refractivity (Wildman–Crippen MR) is 158 cm³/mol. The smallest absolute Gasteiger partial charge is 0.414 e. The van der Waals surface area contributed by atoms with Gasteiger partial charge in [-0.25, -0.2) is 9.59 Å². The van der Waals surface area contributed by atoms with Crippen molar-refractivity contribution in [3.63, 3.8) is 0 Å². The predicted octanol–water partition coefficient (Wildman–Crippen LogP) is 7.26. The number of anilines is 1. The van der Waals surface area contributed by atoms with Crippen molar-refractivity contribution in [1.29, 1.82) is 0 Å². The molecule has 0 aromatic carbocycles.